The maximum Gasteiger partial charge on any atom is 0.262 e. The van der Waals surface area contributed by atoms with Crippen molar-refractivity contribution < 1.29 is 36.7 Å². The lowest BCUT2D eigenvalue weighted by Gasteiger charge is -2.48. The third-order valence-corrected chi connectivity index (χ3v) is 17.0. The Labute approximate surface area is 425 Å². The number of aromatic nitrogens is 4. The number of anilines is 7. The number of nitrogens with one attached hydrogen (secondary N) is 3. The van der Waals surface area contributed by atoms with E-state index in [1.165, 1.54) is 23.6 Å². The molecule has 4 amide bonds. The number of ether oxygens (including phenoxy) is 1. The van der Waals surface area contributed by atoms with E-state index in [1.807, 2.05) is 11.0 Å². The molecule has 0 aliphatic carbocycles. The molecule has 1 spiro atoms. The van der Waals surface area contributed by atoms with Gasteiger partial charge in [0.25, 0.3) is 11.8 Å². The number of fused-ring (bicyclic) bond motifs is 2. The van der Waals surface area contributed by atoms with Crippen molar-refractivity contribution in [3.05, 3.63) is 82.0 Å². The highest BCUT2D eigenvalue weighted by molar-refractivity contribution is 9.10. The second kappa shape index (κ2) is 19.5. The summed E-state index contributed by atoms with van der Waals surface area (Å²) >= 11 is 3.55. The van der Waals surface area contributed by atoms with Crippen LogP contribution < -0.4 is 34.8 Å². The number of piperidine rings is 4. The van der Waals surface area contributed by atoms with E-state index < -0.39 is 45.5 Å². The largest absolute Gasteiger partial charge is 0.494 e. The van der Waals surface area contributed by atoms with Crippen LogP contribution in [0.4, 0.5) is 44.6 Å². The van der Waals surface area contributed by atoms with Gasteiger partial charge >= 0.3 is 0 Å². The number of nitrogens with zero attached hydrogens (tertiary/aromatic N) is 9. The molecule has 0 bridgehead atoms. The topological polar surface area (TPSA) is 215 Å². The van der Waals surface area contributed by atoms with Crippen molar-refractivity contribution in [2.45, 2.75) is 64.3 Å². The van der Waals surface area contributed by atoms with Gasteiger partial charge in [0.15, 0.2) is 0 Å². The molecule has 0 saturated carbocycles. The van der Waals surface area contributed by atoms with E-state index in [0.717, 1.165) is 99.7 Å². The van der Waals surface area contributed by atoms with E-state index in [1.54, 1.807) is 31.6 Å². The summed E-state index contributed by atoms with van der Waals surface area (Å²) in [6, 6.07) is 9.10. The first-order valence-electron chi connectivity index (χ1n) is 24.2. The standard InChI is InChI=1S/C50H56BrFN12O7S/c1-29-23-37(57-49-55-27-33(51)45(59-49)56-36-6-5-35-43(54-16-15-53-35)44(36)60(2)72(4,69)70)41(71-3)26-39(29)63-21-13-50(14-22-63)11-19-61(20-12-50)28-30-9-17-62(18-10-30)40-25-32-31(24-34(40)52)47(67)64(48(32)68)38-7-8-42(65)58-46(38)66/h5-6,15-16,23-27,30,38H,7-14,17-22,28H2,1-4H3,(H,58,65,66)(H2,55,56,57,59). The van der Waals surface area contributed by atoms with Crippen LogP contribution in [0.1, 0.15) is 77.6 Å². The second-order valence-electron chi connectivity index (χ2n) is 19.6. The van der Waals surface area contributed by atoms with Gasteiger partial charge in [0.1, 0.15) is 34.6 Å². The van der Waals surface area contributed by atoms with Crippen LogP contribution in [0.5, 0.6) is 5.75 Å². The number of carbonyl (C=O) groups excluding carboxylic acids is 4. The fourth-order valence-electron chi connectivity index (χ4n) is 11.0. The van der Waals surface area contributed by atoms with Crippen molar-refractivity contribution in [3.8, 4) is 5.75 Å². The molecule has 5 aliphatic rings. The first-order chi connectivity index (χ1) is 34.5. The van der Waals surface area contributed by atoms with Crippen molar-refractivity contribution >= 4 is 101 Å². The molecule has 4 saturated heterocycles. The summed E-state index contributed by atoms with van der Waals surface area (Å²) in [6.07, 6.45) is 12.1. The van der Waals surface area contributed by atoms with Crippen molar-refractivity contribution in [2.75, 3.05) is 91.0 Å². The fourth-order valence-corrected chi connectivity index (χ4v) is 11.8. The molecule has 5 aliphatic heterocycles. The zero-order valence-corrected chi connectivity index (χ0v) is 42.9. The average Bonchev–Trinajstić information content (AvgIpc) is 3.59. The average molecular weight is 1070 g/mol. The number of methoxy groups -OCH3 is 1. The highest BCUT2D eigenvalue weighted by Gasteiger charge is 2.46. The molecule has 72 heavy (non-hydrogen) atoms. The molecule has 0 radical (unpaired) electrons. The van der Waals surface area contributed by atoms with Crippen molar-refractivity contribution in [1.29, 1.82) is 0 Å². The highest BCUT2D eigenvalue weighted by Crippen LogP contribution is 2.45. The van der Waals surface area contributed by atoms with Crippen LogP contribution in [-0.2, 0) is 19.6 Å². The van der Waals surface area contributed by atoms with Crippen LogP contribution in [0.3, 0.4) is 0 Å². The number of carbonyl (C=O) groups is 4. The number of imide groups is 2. The Bertz CT molecular complexity index is 3120. The molecular formula is C50H56BrFN12O7S. The van der Waals surface area contributed by atoms with Gasteiger partial charge in [0, 0.05) is 76.5 Å². The summed E-state index contributed by atoms with van der Waals surface area (Å²) < 4.78 is 48.7. The van der Waals surface area contributed by atoms with E-state index in [2.05, 4.69) is 69.6 Å². The third-order valence-electron chi connectivity index (χ3n) is 15.2. The van der Waals surface area contributed by atoms with Crippen LogP contribution >= 0.6 is 15.9 Å². The number of rotatable bonds is 12. The van der Waals surface area contributed by atoms with Crippen LogP contribution in [0, 0.1) is 24.1 Å². The van der Waals surface area contributed by atoms with Crippen molar-refractivity contribution in [1.82, 2.24) is 35.1 Å². The molecule has 2 aromatic heterocycles. The van der Waals surface area contributed by atoms with Gasteiger partial charge < -0.3 is 30.1 Å². The number of halogens is 2. The quantitative estimate of drug-likeness (QED) is 0.113. The van der Waals surface area contributed by atoms with Crippen molar-refractivity contribution in [3.63, 3.8) is 0 Å². The molecule has 22 heteroatoms. The van der Waals surface area contributed by atoms with E-state index in [-0.39, 0.29) is 29.7 Å². The van der Waals surface area contributed by atoms with E-state index in [0.29, 0.717) is 74.5 Å². The number of aryl methyl sites for hydroxylation is 1. The van der Waals surface area contributed by atoms with E-state index in [4.69, 9.17) is 9.72 Å². The summed E-state index contributed by atoms with van der Waals surface area (Å²) in [7, 11) is -0.546. The molecule has 3 N–H and O–H groups in total. The third kappa shape index (κ3) is 9.50. The fraction of sp³-hybridized carbons (Fsp3) is 0.440. The highest BCUT2D eigenvalue weighted by atomic mass is 79.9. The number of hydrogen-bond donors (Lipinski definition) is 3. The Hall–Kier alpha value is -6.52. The first-order valence-corrected chi connectivity index (χ1v) is 26.8. The zero-order valence-electron chi connectivity index (χ0n) is 40.5. The maximum absolute atomic E-state index is 15.6. The molecule has 1 unspecified atom stereocenters. The molecule has 378 valence electrons. The van der Waals surface area contributed by atoms with Gasteiger partial charge in [-0.25, -0.2) is 17.8 Å². The lowest BCUT2D eigenvalue weighted by molar-refractivity contribution is -0.136. The number of benzene rings is 3. The Balaban J connectivity index is 0.726. The summed E-state index contributed by atoms with van der Waals surface area (Å²) in [4.78, 5) is 76.7. The Morgan fingerprint density at radius 3 is 2.24 bits per heavy atom. The van der Waals surface area contributed by atoms with Gasteiger partial charge in [-0.1, -0.05) is 0 Å². The zero-order chi connectivity index (χ0) is 50.6. The summed E-state index contributed by atoms with van der Waals surface area (Å²) in [5, 5.41) is 8.81. The summed E-state index contributed by atoms with van der Waals surface area (Å²) in [5.74, 6) is -1.27. The van der Waals surface area contributed by atoms with Gasteiger partial charge in [-0.3, -0.25) is 43.7 Å². The summed E-state index contributed by atoms with van der Waals surface area (Å²) in [6.45, 7) is 8.29. The normalized spacial score (nSPS) is 19.8. The van der Waals surface area contributed by atoms with Gasteiger partial charge in [-0.05, 0) is 128 Å². The van der Waals surface area contributed by atoms with Crippen LogP contribution in [0.15, 0.2) is 59.5 Å². The Kier molecular flexibility index (Phi) is 13.3. The number of sulfonamides is 1. The molecule has 1 atom stereocenters. The Morgan fingerprint density at radius 2 is 1.54 bits per heavy atom. The molecule has 4 fully saturated rings. The Morgan fingerprint density at radius 1 is 0.861 bits per heavy atom. The van der Waals surface area contributed by atoms with Gasteiger partial charge in [-0.2, -0.15) is 4.98 Å². The maximum atomic E-state index is 15.6. The summed E-state index contributed by atoms with van der Waals surface area (Å²) in [5.41, 5.74) is 5.25. The molecule has 19 nitrogen and oxygen atoms in total. The minimum absolute atomic E-state index is 0.0173. The van der Waals surface area contributed by atoms with Crippen LogP contribution in [-0.4, -0.2) is 134 Å². The van der Waals surface area contributed by atoms with Gasteiger partial charge in [-0.15, -0.1) is 0 Å². The second-order valence-corrected chi connectivity index (χ2v) is 22.5. The lowest BCUT2D eigenvalue weighted by atomic mass is 9.71. The van der Waals surface area contributed by atoms with Crippen molar-refractivity contribution in [2.24, 2.45) is 11.3 Å². The molecule has 10 rings (SSSR count). The van der Waals surface area contributed by atoms with E-state index in [9.17, 15) is 27.6 Å². The van der Waals surface area contributed by atoms with Crippen LogP contribution in [0.2, 0.25) is 0 Å². The number of hydrogen-bond acceptors (Lipinski definition) is 16. The minimum Gasteiger partial charge on any atom is -0.494 e. The minimum atomic E-state index is -3.66. The van der Waals surface area contributed by atoms with E-state index >= 15 is 4.39 Å². The number of likely N-dealkylation sites (tertiary alicyclic amines) is 1. The molecular weight excluding hydrogens is 1010 g/mol. The number of amides is 4. The first kappa shape index (κ1) is 49.1. The lowest BCUT2D eigenvalue weighted by Crippen LogP contribution is -2.54. The smallest absolute Gasteiger partial charge is 0.262 e. The SMILES string of the molecule is COc1cc(N2CCC3(CCN(CC4CCN(c5cc6c(cc5F)C(=O)N(C5CCC(=O)NC5=O)C6=O)CC4)CC3)CC2)c(C)cc1Nc1ncc(Br)c(Nc2ccc3nccnc3c2N(C)S(C)(=O)=O)n1. The molecule has 3 aromatic carbocycles. The molecule has 7 heterocycles. The van der Waals surface area contributed by atoms with Gasteiger partial charge in [0.2, 0.25) is 27.8 Å². The predicted molar refractivity (Wildman–Crippen MR) is 274 cm³/mol. The molecule has 5 aromatic rings. The predicted octanol–water partition coefficient (Wildman–Crippen LogP) is 6.52. The van der Waals surface area contributed by atoms with Crippen LogP contribution in [0.25, 0.3) is 11.0 Å². The monoisotopic (exact) mass is 1070 g/mol. The van der Waals surface area contributed by atoms with Gasteiger partial charge in [0.05, 0.1) is 51.5 Å².